The number of rotatable bonds is 4. The van der Waals surface area contributed by atoms with Gasteiger partial charge in [-0.1, -0.05) is 11.6 Å². The van der Waals surface area contributed by atoms with Crippen molar-refractivity contribution in [3.05, 3.63) is 21.3 Å². The molecule has 20 heavy (non-hydrogen) atoms. The second kappa shape index (κ2) is 5.30. The molecule has 1 unspecified atom stereocenters. The second-order valence-electron chi connectivity index (χ2n) is 7.31. The molecule has 5 rings (SSSR count). The minimum Gasteiger partial charge on any atom is -0.316 e. The number of hydrogen-bond acceptors (Lipinski definition) is 2. The van der Waals surface area contributed by atoms with E-state index in [9.17, 15) is 0 Å². The molecule has 1 aromatic heterocycles. The summed E-state index contributed by atoms with van der Waals surface area (Å²) in [5.74, 6) is 5.05. The Bertz CT molecular complexity index is 455. The van der Waals surface area contributed by atoms with E-state index in [1.165, 1.54) is 37.0 Å². The van der Waals surface area contributed by atoms with Crippen molar-refractivity contribution in [2.45, 2.75) is 44.6 Å². The molecule has 4 saturated carbocycles. The van der Waals surface area contributed by atoms with Crippen LogP contribution in [0, 0.1) is 29.6 Å². The van der Waals surface area contributed by atoms with Crippen LogP contribution >= 0.6 is 22.9 Å². The highest BCUT2D eigenvalue weighted by Crippen LogP contribution is 2.57. The maximum absolute atomic E-state index is 6.09. The first kappa shape index (κ1) is 13.6. The van der Waals surface area contributed by atoms with Gasteiger partial charge in [0.05, 0.1) is 4.34 Å². The molecule has 4 bridgehead atoms. The fourth-order valence-electron chi connectivity index (χ4n) is 5.73. The molecule has 1 nitrogen and oxygen atoms in total. The van der Waals surface area contributed by atoms with Crippen molar-refractivity contribution < 1.29 is 0 Å². The zero-order valence-corrected chi connectivity index (χ0v) is 13.7. The molecule has 0 aromatic carbocycles. The lowest BCUT2D eigenvalue weighted by molar-refractivity contribution is -0.0506. The summed E-state index contributed by atoms with van der Waals surface area (Å²) in [6.45, 7) is 0. The number of thiophene rings is 1. The van der Waals surface area contributed by atoms with Crippen molar-refractivity contribution in [2.75, 3.05) is 7.05 Å². The number of hydrogen-bond donors (Lipinski definition) is 1. The van der Waals surface area contributed by atoms with E-state index in [0.717, 1.165) is 33.9 Å². The molecule has 3 heteroatoms. The third-order valence-electron chi connectivity index (χ3n) is 6.19. The third kappa shape index (κ3) is 2.34. The first-order valence-electron chi connectivity index (χ1n) is 8.14. The van der Waals surface area contributed by atoms with Gasteiger partial charge in [-0.05, 0) is 87.3 Å². The summed E-state index contributed by atoms with van der Waals surface area (Å²) in [7, 11) is 2.16. The van der Waals surface area contributed by atoms with Gasteiger partial charge in [0.15, 0.2) is 0 Å². The molecule has 0 aliphatic heterocycles. The van der Waals surface area contributed by atoms with E-state index in [1.54, 1.807) is 17.8 Å². The summed E-state index contributed by atoms with van der Waals surface area (Å²) in [6.07, 6.45) is 8.77. The zero-order valence-electron chi connectivity index (χ0n) is 12.1. The maximum atomic E-state index is 6.09. The van der Waals surface area contributed by atoms with Crippen molar-refractivity contribution >= 4 is 22.9 Å². The lowest BCUT2D eigenvalue weighted by Gasteiger charge is -2.56. The SMILES string of the molecule is CNC(Cc1ccc(Cl)s1)C1C2CC3CC(C2)CC1C3. The van der Waals surface area contributed by atoms with Crippen molar-refractivity contribution in [1.29, 1.82) is 0 Å². The lowest BCUT2D eigenvalue weighted by Crippen LogP contribution is -2.53. The Morgan fingerprint density at radius 2 is 1.80 bits per heavy atom. The highest BCUT2D eigenvalue weighted by Gasteiger charge is 2.50. The van der Waals surface area contributed by atoms with Crippen LogP contribution in [0.4, 0.5) is 0 Å². The van der Waals surface area contributed by atoms with Gasteiger partial charge < -0.3 is 5.32 Å². The summed E-state index contributed by atoms with van der Waals surface area (Å²) in [4.78, 5) is 1.45. The van der Waals surface area contributed by atoms with Crippen LogP contribution < -0.4 is 5.32 Å². The predicted molar refractivity (Wildman–Crippen MR) is 86.4 cm³/mol. The van der Waals surface area contributed by atoms with Crippen LogP contribution in [-0.4, -0.2) is 13.1 Å². The van der Waals surface area contributed by atoms with Crippen LogP contribution in [0.2, 0.25) is 4.34 Å². The summed E-state index contributed by atoms with van der Waals surface area (Å²) in [5.41, 5.74) is 0. The molecule has 4 fully saturated rings. The lowest BCUT2D eigenvalue weighted by atomic mass is 9.50. The average Bonchev–Trinajstić information content (AvgIpc) is 2.81. The fraction of sp³-hybridized carbons (Fsp3) is 0.765. The molecule has 4 aliphatic carbocycles. The summed E-state index contributed by atoms with van der Waals surface area (Å²) in [5, 5.41) is 3.65. The number of halogens is 1. The highest BCUT2D eigenvalue weighted by atomic mass is 35.5. The third-order valence-corrected chi connectivity index (χ3v) is 7.44. The van der Waals surface area contributed by atoms with E-state index in [1.807, 2.05) is 6.07 Å². The van der Waals surface area contributed by atoms with Crippen molar-refractivity contribution in [3.8, 4) is 0 Å². The van der Waals surface area contributed by atoms with Crippen LogP contribution in [-0.2, 0) is 6.42 Å². The average molecular weight is 310 g/mol. The van der Waals surface area contributed by atoms with E-state index in [2.05, 4.69) is 18.4 Å². The van der Waals surface area contributed by atoms with Crippen LogP contribution in [0.15, 0.2) is 12.1 Å². The van der Waals surface area contributed by atoms with E-state index in [4.69, 9.17) is 11.6 Å². The van der Waals surface area contributed by atoms with E-state index in [-0.39, 0.29) is 0 Å². The summed E-state index contributed by atoms with van der Waals surface area (Å²) in [6, 6.07) is 4.91. The molecule has 0 amide bonds. The zero-order chi connectivity index (χ0) is 13.7. The maximum Gasteiger partial charge on any atom is 0.0931 e. The van der Waals surface area contributed by atoms with Gasteiger partial charge in [-0.2, -0.15) is 0 Å². The number of likely N-dealkylation sites (N-methyl/N-ethyl adjacent to an activating group) is 1. The second-order valence-corrected chi connectivity index (χ2v) is 9.11. The Hall–Kier alpha value is -0.0500. The van der Waals surface area contributed by atoms with Gasteiger partial charge in [0.2, 0.25) is 0 Å². The topological polar surface area (TPSA) is 12.0 Å². The van der Waals surface area contributed by atoms with Gasteiger partial charge in [0, 0.05) is 10.9 Å². The van der Waals surface area contributed by atoms with Crippen molar-refractivity contribution in [3.63, 3.8) is 0 Å². The molecule has 0 saturated heterocycles. The van der Waals surface area contributed by atoms with E-state index in [0.29, 0.717) is 6.04 Å². The summed E-state index contributed by atoms with van der Waals surface area (Å²) < 4.78 is 0.930. The minimum absolute atomic E-state index is 0.653. The van der Waals surface area contributed by atoms with Crippen LogP contribution in [0.5, 0.6) is 0 Å². The fourth-order valence-corrected chi connectivity index (χ4v) is 6.88. The number of nitrogens with one attached hydrogen (secondary N) is 1. The van der Waals surface area contributed by atoms with Gasteiger partial charge in [-0.15, -0.1) is 11.3 Å². The van der Waals surface area contributed by atoms with Gasteiger partial charge in [0.25, 0.3) is 0 Å². The van der Waals surface area contributed by atoms with Crippen molar-refractivity contribution in [1.82, 2.24) is 5.32 Å². The van der Waals surface area contributed by atoms with Gasteiger partial charge in [-0.3, -0.25) is 0 Å². The standard InChI is InChI=1S/C17H24ClNS/c1-19-15(9-14-2-3-16(18)20-14)17-12-5-10-4-11(7-12)8-13(17)6-10/h2-3,10-13,15,17,19H,4-9H2,1H3. The minimum atomic E-state index is 0.653. The predicted octanol–water partition coefficient (Wildman–Crippen LogP) is 4.60. The van der Waals surface area contributed by atoms with Gasteiger partial charge in [0.1, 0.15) is 0 Å². The normalized spacial score (nSPS) is 40.2. The molecule has 0 radical (unpaired) electrons. The molecule has 1 aromatic rings. The Kier molecular flexibility index (Phi) is 3.60. The van der Waals surface area contributed by atoms with E-state index >= 15 is 0 Å². The van der Waals surface area contributed by atoms with Gasteiger partial charge in [-0.25, -0.2) is 0 Å². The Labute approximate surface area is 131 Å². The Morgan fingerprint density at radius 3 is 2.30 bits per heavy atom. The molecule has 1 heterocycles. The molecule has 0 spiro atoms. The quantitative estimate of drug-likeness (QED) is 0.857. The molecular weight excluding hydrogens is 286 g/mol. The van der Waals surface area contributed by atoms with Crippen LogP contribution in [0.25, 0.3) is 0 Å². The van der Waals surface area contributed by atoms with Crippen molar-refractivity contribution in [2.24, 2.45) is 29.6 Å². The highest BCUT2D eigenvalue weighted by molar-refractivity contribution is 7.16. The Morgan fingerprint density at radius 1 is 1.15 bits per heavy atom. The first-order valence-corrected chi connectivity index (χ1v) is 9.34. The molecule has 110 valence electrons. The Balaban J connectivity index is 1.52. The van der Waals surface area contributed by atoms with Gasteiger partial charge >= 0.3 is 0 Å². The largest absolute Gasteiger partial charge is 0.316 e. The molecule has 4 aliphatic rings. The van der Waals surface area contributed by atoms with Crippen LogP contribution in [0.3, 0.4) is 0 Å². The van der Waals surface area contributed by atoms with Crippen LogP contribution in [0.1, 0.15) is 37.0 Å². The van der Waals surface area contributed by atoms with E-state index < -0.39 is 0 Å². The molecule has 1 atom stereocenters. The molecular formula is C17H24ClNS. The first-order chi connectivity index (χ1) is 9.72. The summed E-state index contributed by atoms with van der Waals surface area (Å²) >= 11 is 7.85. The monoisotopic (exact) mass is 309 g/mol. The smallest absolute Gasteiger partial charge is 0.0931 e. The molecule has 1 N–H and O–H groups in total.